The first-order valence-corrected chi connectivity index (χ1v) is 9.17. The molecule has 2 N–H and O–H groups in total. The average Bonchev–Trinajstić information content (AvgIpc) is 2.90. The number of aromatic nitrogens is 1. The van der Waals surface area contributed by atoms with E-state index in [-0.39, 0.29) is 36.4 Å². The van der Waals surface area contributed by atoms with Crippen molar-refractivity contribution in [1.82, 2.24) is 10.3 Å². The van der Waals surface area contributed by atoms with Crippen molar-refractivity contribution in [2.75, 3.05) is 13.2 Å². The quantitative estimate of drug-likeness (QED) is 0.756. The molecule has 0 spiro atoms. The Balaban J connectivity index is 1.95. The summed E-state index contributed by atoms with van der Waals surface area (Å²) in [5, 5.41) is 2.95. The number of carbonyl (C=O) groups excluding carboxylic acids is 3. The molecule has 26 heavy (non-hydrogen) atoms. The standard InChI is InChI=1S/C19H28N2O5/c1-5-25-19(24)17-12(3)16(13(4)20-17)18(23)26-10-15(22)21-14-9-7-6-8-11(14)2/h11,14,20H,5-10H2,1-4H3,(H,21,22)/t11-,14-/m0/s1. The third-order valence-corrected chi connectivity index (χ3v) is 4.91. The van der Waals surface area contributed by atoms with Gasteiger partial charge in [0.05, 0.1) is 12.2 Å². The molecule has 7 heteroatoms. The van der Waals surface area contributed by atoms with E-state index in [2.05, 4.69) is 17.2 Å². The third-order valence-electron chi connectivity index (χ3n) is 4.91. The van der Waals surface area contributed by atoms with Gasteiger partial charge in [-0.2, -0.15) is 0 Å². The number of ether oxygens (including phenoxy) is 2. The van der Waals surface area contributed by atoms with E-state index < -0.39 is 11.9 Å². The molecule has 1 aliphatic carbocycles. The summed E-state index contributed by atoms with van der Waals surface area (Å²) in [5.41, 5.74) is 1.48. The Morgan fingerprint density at radius 1 is 1.12 bits per heavy atom. The van der Waals surface area contributed by atoms with Crippen molar-refractivity contribution in [2.24, 2.45) is 5.92 Å². The Bertz CT molecular complexity index is 680. The van der Waals surface area contributed by atoms with E-state index in [1.807, 2.05) is 0 Å². The lowest BCUT2D eigenvalue weighted by Gasteiger charge is -2.29. The van der Waals surface area contributed by atoms with E-state index in [0.29, 0.717) is 17.2 Å². The van der Waals surface area contributed by atoms with Crippen molar-refractivity contribution in [3.05, 3.63) is 22.5 Å². The molecule has 0 aliphatic heterocycles. The predicted octanol–water partition coefficient (Wildman–Crippen LogP) is 2.66. The minimum atomic E-state index is -0.626. The van der Waals surface area contributed by atoms with Crippen LogP contribution in [-0.4, -0.2) is 42.1 Å². The predicted molar refractivity (Wildman–Crippen MR) is 96.1 cm³/mol. The zero-order valence-electron chi connectivity index (χ0n) is 15.9. The summed E-state index contributed by atoms with van der Waals surface area (Å²) in [6, 6.07) is 0.140. The Labute approximate surface area is 153 Å². The summed E-state index contributed by atoms with van der Waals surface area (Å²) in [6.07, 6.45) is 4.35. The molecular formula is C19H28N2O5. The first kappa shape index (κ1) is 20.0. The molecule has 1 fully saturated rings. The molecule has 1 aliphatic rings. The molecule has 1 saturated carbocycles. The van der Waals surface area contributed by atoms with Gasteiger partial charge >= 0.3 is 11.9 Å². The number of aryl methyl sites for hydroxylation is 1. The van der Waals surface area contributed by atoms with Crippen LogP contribution < -0.4 is 5.32 Å². The van der Waals surface area contributed by atoms with Crippen LogP contribution in [0.25, 0.3) is 0 Å². The van der Waals surface area contributed by atoms with Gasteiger partial charge in [-0.25, -0.2) is 9.59 Å². The van der Waals surface area contributed by atoms with E-state index in [1.165, 1.54) is 6.42 Å². The number of aromatic amines is 1. The average molecular weight is 364 g/mol. The van der Waals surface area contributed by atoms with Crippen molar-refractivity contribution in [1.29, 1.82) is 0 Å². The van der Waals surface area contributed by atoms with Crippen molar-refractivity contribution < 1.29 is 23.9 Å². The first-order valence-electron chi connectivity index (χ1n) is 9.17. The SMILES string of the molecule is CCOC(=O)c1[nH]c(C)c(C(=O)OCC(=O)N[C@H]2CCCC[C@@H]2C)c1C. The fourth-order valence-electron chi connectivity index (χ4n) is 3.45. The highest BCUT2D eigenvalue weighted by Gasteiger charge is 2.26. The molecule has 144 valence electrons. The van der Waals surface area contributed by atoms with Crippen molar-refractivity contribution in [3.63, 3.8) is 0 Å². The van der Waals surface area contributed by atoms with Gasteiger partial charge < -0.3 is 19.8 Å². The molecule has 7 nitrogen and oxygen atoms in total. The van der Waals surface area contributed by atoms with Gasteiger partial charge in [0, 0.05) is 11.7 Å². The maximum atomic E-state index is 12.4. The fraction of sp³-hybridized carbons (Fsp3) is 0.632. The van der Waals surface area contributed by atoms with Crippen LogP contribution in [0.4, 0.5) is 0 Å². The summed E-state index contributed by atoms with van der Waals surface area (Å²) in [6.45, 7) is 7.08. The second-order valence-electron chi connectivity index (χ2n) is 6.86. The number of hydrogen-bond acceptors (Lipinski definition) is 5. The molecule has 1 amide bonds. The fourth-order valence-corrected chi connectivity index (χ4v) is 3.45. The van der Waals surface area contributed by atoms with Crippen LogP contribution in [0.2, 0.25) is 0 Å². The maximum Gasteiger partial charge on any atom is 0.355 e. The Morgan fingerprint density at radius 2 is 1.81 bits per heavy atom. The van der Waals surface area contributed by atoms with Crippen molar-refractivity contribution in [2.45, 2.75) is 59.4 Å². The van der Waals surface area contributed by atoms with Gasteiger partial charge in [0.15, 0.2) is 6.61 Å². The molecule has 1 aromatic rings. The van der Waals surface area contributed by atoms with E-state index in [1.54, 1.807) is 20.8 Å². The highest BCUT2D eigenvalue weighted by molar-refractivity contribution is 5.99. The molecule has 2 rings (SSSR count). The van der Waals surface area contributed by atoms with Gasteiger partial charge in [-0.3, -0.25) is 4.79 Å². The lowest BCUT2D eigenvalue weighted by atomic mass is 9.86. The van der Waals surface area contributed by atoms with Gasteiger partial charge in [0.2, 0.25) is 0 Å². The summed E-state index contributed by atoms with van der Waals surface area (Å²) < 4.78 is 10.1. The van der Waals surface area contributed by atoms with Gasteiger partial charge in [-0.15, -0.1) is 0 Å². The molecule has 1 aromatic heterocycles. The smallest absolute Gasteiger partial charge is 0.355 e. The van der Waals surface area contributed by atoms with Crippen molar-refractivity contribution >= 4 is 17.8 Å². The number of rotatable bonds is 6. The summed E-state index contributed by atoms with van der Waals surface area (Å²) in [4.78, 5) is 39.2. The number of carbonyl (C=O) groups is 3. The van der Waals surface area contributed by atoms with Crippen LogP contribution in [0.3, 0.4) is 0 Å². The summed E-state index contributed by atoms with van der Waals surface area (Å²) in [5.74, 6) is -1.01. The molecule has 0 aromatic carbocycles. The van der Waals surface area contributed by atoms with Gasteiger partial charge in [-0.1, -0.05) is 19.8 Å². The Hall–Kier alpha value is -2.31. The molecule has 1 heterocycles. The molecule has 0 radical (unpaired) electrons. The van der Waals surface area contributed by atoms with Crippen LogP contribution >= 0.6 is 0 Å². The van der Waals surface area contributed by atoms with Gasteiger partial charge in [0.1, 0.15) is 5.69 Å². The molecule has 0 bridgehead atoms. The van der Waals surface area contributed by atoms with Crippen molar-refractivity contribution in [3.8, 4) is 0 Å². The maximum absolute atomic E-state index is 12.4. The van der Waals surface area contributed by atoms with E-state index >= 15 is 0 Å². The molecule has 0 unspecified atom stereocenters. The summed E-state index contributed by atoms with van der Waals surface area (Å²) >= 11 is 0. The van der Waals surface area contributed by atoms with E-state index in [0.717, 1.165) is 19.3 Å². The van der Waals surface area contributed by atoms with Gasteiger partial charge in [-0.05, 0) is 45.1 Å². The van der Waals surface area contributed by atoms with Crippen LogP contribution in [-0.2, 0) is 14.3 Å². The molecule has 2 atom stereocenters. The molecule has 0 saturated heterocycles. The summed E-state index contributed by atoms with van der Waals surface area (Å²) in [7, 11) is 0. The number of nitrogens with one attached hydrogen (secondary N) is 2. The number of H-pyrrole nitrogens is 1. The normalized spacial score (nSPS) is 19.7. The number of hydrogen-bond donors (Lipinski definition) is 2. The third kappa shape index (κ3) is 4.65. The second kappa shape index (κ2) is 8.87. The zero-order valence-corrected chi connectivity index (χ0v) is 15.9. The zero-order chi connectivity index (χ0) is 19.3. The van der Waals surface area contributed by atoms with Crippen LogP contribution in [0, 0.1) is 19.8 Å². The van der Waals surface area contributed by atoms with Gasteiger partial charge in [0.25, 0.3) is 5.91 Å². The highest BCUT2D eigenvalue weighted by atomic mass is 16.5. The Morgan fingerprint density at radius 3 is 2.46 bits per heavy atom. The Kier molecular flexibility index (Phi) is 6.83. The van der Waals surface area contributed by atoms with Crippen LogP contribution in [0.5, 0.6) is 0 Å². The minimum Gasteiger partial charge on any atom is -0.461 e. The topological polar surface area (TPSA) is 97.5 Å². The lowest BCUT2D eigenvalue weighted by Crippen LogP contribution is -2.42. The second-order valence-corrected chi connectivity index (χ2v) is 6.86. The number of amides is 1. The monoisotopic (exact) mass is 364 g/mol. The van der Waals surface area contributed by atoms with Crippen LogP contribution in [0.15, 0.2) is 0 Å². The molecular weight excluding hydrogens is 336 g/mol. The highest BCUT2D eigenvalue weighted by Crippen LogP contribution is 2.23. The number of esters is 2. The van der Waals surface area contributed by atoms with E-state index in [9.17, 15) is 14.4 Å². The van der Waals surface area contributed by atoms with Crippen LogP contribution in [0.1, 0.15) is 71.6 Å². The largest absolute Gasteiger partial charge is 0.461 e. The lowest BCUT2D eigenvalue weighted by molar-refractivity contribution is -0.125. The van der Waals surface area contributed by atoms with E-state index in [4.69, 9.17) is 9.47 Å². The minimum absolute atomic E-state index is 0.140. The first-order chi connectivity index (χ1) is 12.3.